The predicted octanol–water partition coefficient (Wildman–Crippen LogP) is 3.57. The molecule has 0 aliphatic heterocycles. The second-order valence-electron chi connectivity index (χ2n) is 6.44. The minimum atomic E-state index is -0.171. The van der Waals surface area contributed by atoms with Gasteiger partial charge < -0.3 is 15.2 Å². The van der Waals surface area contributed by atoms with Crippen LogP contribution in [0.15, 0.2) is 0 Å². The van der Waals surface area contributed by atoms with Crippen LogP contribution >= 0.6 is 0 Å². The molecule has 2 N–H and O–H groups in total. The maximum Gasteiger partial charge on any atom is 0.110 e. The number of hydrogen-bond acceptors (Lipinski definition) is 3. The van der Waals surface area contributed by atoms with Crippen molar-refractivity contribution in [2.75, 3.05) is 20.3 Å². The van der Waals surface area contributed by atoms with Gasteiger partial charge in [0.05, 0.1) is 6.61 Å². The number of ether oxygens (including phenoxy) is 2. The van der Waals surface area contributed by atoms with Crippen LogP contribution in [0.3, 0.4) is 0 Å². The Hall–Kier alpha value is -0.120. The highest BCUT2D eigenvalue weighted by Crippen LogP contribution is 2.35. The van der Waals surface area contributed by atoms with E-state index in [0.29, 0.717) is 0 Å². The van der Waals surface area contributed by atoms with Crippen molar-refractivity contribution in [3.63, 3.8) is 0 Å². The van der Waals surface area contributed by atoms with E-state index in [1.807, 2.05) is 0 Å². The Kier molecular flexibility index (Phi) is 8.08. The van der Waals surface area contributed by atoms with Gasteiger partial charge in [0, 0.05) is 19.1 Å². The van der Waals surface area contributed by atoms with Crippen LogP contribution < -0.4 is 5.73 Å². The summed E-state index contributed by atoms with van der Waals surface area (Å²) in [5.74, 6) is 0. The molecule has 0 rings (SSSR count). The maximum atomic E-state index is 6.09. The largest absolute Gasteiger partial charge is 0.381 e. The number of hydrogen-bond donors (Lipinski definition) is 1. The first-order valence-corrected chi connectivity index (χ1v) is 7.17. The summed E-state index contributed by atoms with van der Waals surface area (Å²) in [5, 5.41) is 0. The zero-order chi connectivity index (χ0) is 14.2. The van der Waals surface area contributed by atoms with Crippen molar-refractivity contribution in [3.8, 4) is 0 Å². The van der Waals surface area contributed by atoms with E-state index in [1.165, 1.54) is 0 Å². The second-order valence-corrected chi connectivity index (χ2v) is 6.44. The quantitative estimate of drug-likeness (QED) is 0.508. The van der Waals surface area contributed by atoms with Gasteiger partial charge in [0.1, 0.15) is 6.23 Å². The first-order valence-electron chi connectivity index (χ1n) is 7.17. The molecular formula is C15H33NO2. The van der Waals surface area contributed by atoms with E-state index in [4.69, 9.17) is 15.2 Å². The molecule has 0 heterocycles. The lowest BCUT2D eigenvalue weighted by atomic mass is 9.76. The molecule has 18 heavy (non-hydrogen) atoms. The first-order chi connectivity index (χ1) is 8.31. The van der Waals surface area contributed by atoms with Crippen molar-refractivity contribution >= 4 is 0 Å². The first kappa shape index (κ1) is 17.9. The molecule has 0 aromatic carbocycles. The molecule has 3 nitrogen and oxygen atoms in total. The van der Waals surface area contributed by atoms with E-state index in [9.17, 15) is 0 Å². The van der Waals surface area contributed by atoms with Gasteiger partial charge in [0.25, 0.3) is 0 Å². The average Bonchev–Trinajstić information content (AvgIpc) is 2.32. The van der Waals surface area contributed by atoms with Crippen molar-refractivity contribution in [1.82, 2.24) is 0 Å². The Balaban J connectivity index is 4.06. The highest BCUT2D eigenvalue weighted by molar-refractivity contribution is 4.82. The van der Waals surface area contributed by atoms with Gasteiger partial charge in [-0.1, -0.05) is 34.6 Å². The summed E-state index contributed by atoms with van der Waals surface area (Å²) >= 11 is 0. The van der Waals surface area contributed by atoms with Gasteiger partial charge in [-0.2, -0.15) is 0 Å². The van der Waals surface area contributed by atoms with Crippen molar-refractivity contribution in [2.24, 2.45) is 16.6 Å². The van der Waals surface area contributed by atoms with Crippen LogP contribution in [-0.2, 0) is 9.47 Å². The van der Waals surface area contributed by atoms with Crippen LogP contribution in [0.5, 0.6) is 0 Å². The molecule has 0 aromatic heterocycles. The third-order valence-electron chi connectivity index (χ3n) is 3.76. The van der Waals surface area contributed by atoms with E-state index in [1.54, 1.807) is 7.11 Å². The monoisotopic (exact) mass is 259 g/mol. The molecule has 0 spiro atoms. The van der Waals surface area contributed by atoms with Crippen LogP contribution in [0.25, 0.3) is 0 Å². The van der Waals surface area contributed by atoms with E-state index in [0.717, 1.165) is 38.9 Å². The number of rotatable bonds is 9. The Morgan fingerprint density at radius 3 is 2.06 bits per heavy atom. The third-order valence-corrected chi connectivity index (χ3v) is 3.76. The molecule has 0 aliphatic carbocycles. The average molecular weight is 259 g/mol. The van der Waals surface area contributed by atoms with Gasteiger partial charge in [0.2, 0.25) is 0 Å². The fourth-order valence-corrected chi connectivity index (χ4v) is 2.30. The fraction of sp³-hybridized carbons (Fsp3) is 1.00. The van der Waals surface area contributed by atoms with Gasteiger partial charge in [-0.15, -0.1) is 0 Å². The maximum absolute atomic E-state index is 6.09. The second kappa shape index (κ2) is 8.13. The van der Waals surface area contributed by atoms with E-state index in [2.05, 4.69) is 34.6 Å². The predicted molar refractivity (Wildman–Crippen MR) is 77.5 cm³/mol. The summed E-state index contributed by atoms with van der Waals surface area (Å²) in [7, 11) is 1.70. The fourth-order valence-electron chi connectivity index (χ4n) is 2.30. The lowest BCUT2D eigenvalue weighted by molar-refractivity contribution is -0.0267. The van der Waals surface area contributed by atoms with Gasteiger partial charge in [-0.05, 0) is 31.1 Å². The molecule has 0 bridgehead atoms. The lowest BCUT2D eigenvalue weighted by Crippen LogP contribution is -2.42. The van der Waals surface area contributed by atoms with Crippen LogP contribution in [0.2, 0.25) is 0 Å². The molecule has 0 aromatic rings. The van der Waals surface area contributed by atoms with Crippen molar-refractivity contribution in [2.45, 2.75) is 66.5 Å². The van der Waals surface area contributed by atoms with Gasteiger partial charge in [-0.25, -0.2) is 0 Å². The zero-order valence-corrected chi connectivity index (χ0v) is 13.2. The highest BCUT2D eigenvalue weighted by atomic mass is 16.5. The van der Waals surface area contributed by atoms with E-state index in [-0.39, 0.29) is 17.1 Å². The minimum absolute atomic E-state index is 0.0971. The summed E-state index contributed by atoms with van der Waals surface area (Å²) in [6, 6.07) is 0. The van der Waals surface area contributed by atoms with Crippen molar-refractivity contribution in [3.05, 3.63) is 0 Å². The molecule has 1 unspecified atom stereocenters. The summed E-state index contributed by atoms with van der Waals surface area (Å²) in [4.78, 5) is 0. The lowest BCUT2D eigenvalue weighted by Gasteiger charge is -2.36. The zero-order valence-electron chi connectivity index (χ0n) is 13.2. The molecule has 1 atom stereocenters. The summed E-state index contributed by atoms with van der Waals surface area (Å²) in [6.07, 6.45) is 4.05. The molecule has 3 heteroatoms. The Morgan fingerprint density at radius 1 is 1.11 bits per heavy atom. The van der Waals surface area contributed by atoms with Crippen LogP contribution in [0.4, 0.5) is 0 Å². The number of nitrogens with two attached hydrogens (primary N) is 1. The van der Waals surface area contributed by atoms with Gasteiger partial charge in [0.15, 0.2) is 0 Å². The van der Waals surface area contributed by atoms with Crippen LogP contribution in [0.1, 0.15) is 60.3 Å². The van der Waals surface area contributed by atoms with Crippen molar-refractivity contribution < 1.29 is 9.47 Å². The molecular weight excluding hydrogens is 226 g/mol. The Bertz CT molecular complexity index is 207. The molecule has 0 amide bonds. The molecule has 0 saturated heterocycles. The highest BCUT2D eigenvalue weighted by Gasteiger charge is 2.32. The Labute approximate surface area is 113 Å². The summed E-state index contributed by atoms with van der Waals surface area (Å²) in [6.45, 7) is 12.6. The van der Waals surface area contributed by atoms with E-state index < -0.39 is 0 Å². The SMILES string of the molecule is CCC(CC)(CCCOCC(C)(C)C)C(N)OC. The summed E-state index contributed by atoms with van der Waals surface area (Å²) < 4.78 is 11.1. The molecule has 110 valence electrons. The summed E-state index contributed by atoms with van der Waals surface area (Å²) in [5.41, 5.74) is 6.44. The Morgan fingerprint density at radius 2 is 1.67 bits per heavy atom. The minimum Gasteiger partial charge on any atom is -0.381 e. The van der Waals surface area contributed by atoms with Gasteiger partial charge >= 0.3 is 0 Å². The van der Waals surface area contributed by atoms with Gasteiger partial charge in [-0.3, -0.25) is 0 Å². The number of methoxy groups -OCH3 is 1. The van der Waals surface area contributed by atoms with E-state index >= 15 is 0 Å². The van der Waals surface area contributed by atoms with Crippen LogP contribution in [0, 0.1) is 10.8 Å². The van der Waals surface area contributed by atoms with Crippen LogP contribution in [-0.4, -0.2) is 26.6 Å². The molecule has 0 radical (unpaired) electrons. The van der Waals surface area contributed by atoms with Crippen molar-refractivity contribution in [1.29, 1.82) is 0 Å². The third kappa shape index (κ3) is 6.17. The topological polar surface area (TPSA) is 44.5 Å². The normalized spacial score (nSPS) is 14.8. The smallest absolute Gasteiger partial charge is 0.110 e. The molecule has 0 saturated carbocycles. The molecule has 0 aliphatic rings. The standard InChI is InChI=1S/C15H33NO2/c1-7-15(8-2,13(16)17-6)10-9-11-18-12-14(3,4)5/h13H,7-12,16H2,1-6H3. The molecule has 0 fully saturated rings.